The summed E-state index contributed by atoms with van der Waals surface area (Å²) in [6, 6.07) is 1.05. The molecule has 0 saturated heterocycles. The Morgan fingerprint density at radius 3 is 2.71 bits per heavy atom. The molecular weight excluding hydrogens is 278 g/mol. The van der Waals surface area contributed by atoms with E-state index in [9.17, 15) is 14.4 Å². The Hall–Kier alpha value is -2.51. The second-order valence-electron chi connectivity index (χ2n) is 4.32. The van der Waals surface area contributed by atoms with E-state index in [1.165, 1.54) is 6.07 Å². The lowest BCUT2D eigenvalue weighted by Crippen LogP contribution is -2.29. The number of ether oxygens (including phenoxy) is 1. The summed E-state index contributed by atoms with van der Waals surface area (Å²) in [5, 5.41) is 13.6. The Labute approximate surface area is 122 Å². The molecule has 1 rings (SSSR count). The lowest BCUT2D eigenvalue weighted by Gasteiger charge is -2.04. The van der Waals surface area contributed by atoms with Gasteiger partial charge in [0.25, 0.3) is 0 Å². The largest absolute Gasteiger partial charge is 0.481 e. The van der Waals surface area contributed by atoms with Crippen molar-refractivity contribution in [2.24, 2.45) is 7.05 Å². The van der Waals surface area contributed by atoms with Crippen LogP contribution in [0, 0.1) is 0 Å². The number of aromatic nitrogens is 1. The number of nitrogens with zero attached hydrogens (tertiary/aromatic N) is 1. The van der Waals surface area contributed by atoms with Crippen molar-refractivity contribution >= 4 is 23.7 Å². The molecule has 8 nitrogen and oxygen atoms in total. The van der Waals surface area contributed by atoms with Crippen LogP contribution in [0.4, 0.5) is 10.5 Å². The van der Waals surface area contributed by atoms with Crippen LogP contribution >= 0.6 is 0 Å². The van der Waals surface area contributed by atoms with Crippen LogP contribution in [0.3, 0.4) is 0 Å². The van der Waals surface area contributed by atoms with Gasteiger partial charge in [-0.3, -0.25) is 4.79 Å². The molecule has 2 amide bonds. The molecule has 0 bridgehead atoms. The lowest BCUT2D eigenvalue weighted by atomic mass is 10.3. The van der Waals surface area contributed by atoms with E-state index >= 15 is 0 Å². The highest BCUT2D eigenvalue weighted by Crippen LogP contribution is 2.13. The molecule has 8 heteroatoms. The van der Waals surface area contributed by atoms with Gasteiger partial charge < -0.3 is 25.0 Å². The monoisotopic (exact) mass is 297 g/mol. The summed E-state index contributed by atoms with van der Waals surface area (Å²) in [4.78, 5) is 33.5. The molecular formula is C13H19N3O5. The summed E-state index contributed by atoms with van der Waals surface area (Å²) in [7, 11) is 1.67. The van der Waals surface area contributed by atoms with Crippen molar-refractivity contribution in [1.29, 1.82) is 0 Å². The SMILES string of the molecule is CCOC(=O)c1cc(NC(=O)NCCCC(=O)O)cn1C. The van der Waals surface area contributed by atoms with Crippen molar-refractivity contribution in [1.82, 2.24) is 9.88 Å². The molecule has 3 N–H and O–H groups in total. The first-order chi connectivity index (χ1) is 9.93. The quantitative estimate of drug-likeness (QED) is 0.517. The first-order valence-electron chi connectivity index (χ1n) is 6.54. The van der Waals surface area contributed by atoms with E-state index in [2.05, 4.69) is 10.6 Å². The number of carboxylic acid groups (broad SMARTS) is 1. The number of rotatable bonds is 7. The van der Waals surface area contributed by atoms with Gasteiger partial charge in [-0.15, -0.1) is 0 Å². The predicted molar refractivity (Wildman–Crippen MR) is 75.3 cm³/mol. The maximum atomic E-state index is 11.6. The van der Waals surface area contributed by atoms with Gasteiger partial charge in [-0.2, -0.15) is 0 Å². The van der Waals surface area contributed by atoms with E-state index in [-0.39, 0.29) is 19.6 Å². The summed E-state index contributed by atoms with van der Waals surface area (Å²) in [6.45, 7) is 2.25. The fraction of sp³-hybridized carbons (Fsp3) is 0.462. The van der Waals surface area contributed by atoms with Crippen LogP contribution in [0.5, 0.6) is 0 Å². The first-order valence-corrected chi connectivity index (χ1v) is 6.54. The van der Waals surface area contributed by atoms with E-state index in [1.54, 1.807) is 24.7 Å². The molecule has 1 aromatic heterocycles. The Morgan fingerprint density at radius 1 is 1.38 bits per heavy atom. The highest BCUT2D eigenvalue weighted by atomic mass is 16.5. The van der Waals surface area contributed by atoms with Crippen molar-refractivity contribution < 1.29 is 24.2 Å². The van der Waals surface area contributed by atoms with Gasteiger partial charge in [-0.05, 0) is 19.4 Å². The molecule has 0 radical (unpaired) electrons. The van der Waals surface area contributed by atoms with Gasteiger partial charge in [-0.25, -0.2) is 9.59 Å². The van der Waals surface area contributed by atoms with Crippen molar-refractivity contribution in [3.63, 3.8) is 0 Å². The lowest BCUT2D eigenvalue weighted by molar-refractivity contribution is -0.137. The third-order valence-corrected chi connectivity index (χ3v) is 2.60. The van der Waals surface area contributed by atoms with Gasteiger partial charge in [0.05, 0.1) is 12.3 Å². The molecule has 21 heavy (non-hydrogen) atoms. The minimum absolute atomic E-state index is 0.00137. The molecule has 0 atom stereocenters. The molecule has 0 aromatic carbocycles. The molecule has 0 aliphatic rings. The summed E-state index contributed by atoms with van der Waals surface area (Å²) < 4.78 is 6.44. The molecule has 0 aliphatic carbocycles. The third-order valence-electron chi connectivity index (χ3n) is 2.60. The zero-order chi connectivity index (χ0) is 15.8. The van der Waals surface area contributed by atoms with Gasteiger partial charge in [0.1, 0.15) is 5.69 Å². The van der Waals surface area contributed by atoms with Gasteiger partial charge in [-0.1, -0.05) is 0 Å². The minimum Gasteiger partial charge on any atom is -0.481 e. The second-order valence-corrected chi connectivity index (χ2v) is 4.32. The Balaban J connectivity index is 2.48. The molecule has 1 heterocycles. The summed E-state index contributed by atoms with van der Waals surface area (Å²) in [6.07, 6.45) is 1.94. The topological polar surface area (TPSA) is 110 Å². The van der Waals surface area contributed by atoms with Crippen molar-refractivity contribution in [3.8, 4) is 0 Å². The normalized spacial score (nSPS) is 10.0. The highest BCUT2D eigenvalue weighted by molar-refractivity contribution is 5.93. The number of carboxylic acids is 1. The molecule has 1 aromatic rings. The smallest absolute Gasteiger partial charge is 0.355 e. The number of esters is 1. The van der Waals surface area contributed by atoms with E-state index in [1.807, 2.05) is 0 Å². The number of anilines is 1. The molecule has 0 saturated carbocycles. The zero-order valence-corrected chi connectivity index (χ0v) is 12.0. The maximum Gasteiger partial charge on any atom is 0.355 e. The second kappa shape index (κ2) is 7.93. The minimum atomic E-state index is -0.903. The zero-order valence-electron chi connectivity index (χ0n) is 12.0. The highest BCUT2D eigenvalue weighted by Gasteiger charge is 2.13. The van der Waals surface area contributed by atoms with Crippen molar-refractivity contribution in [2.45, 2.75) is 19.8 Å². The molecule has 116 valence electrons. The number of nitrogens with one attached hydrogen (secondary N) is 2. The van der Waals surface area contributed by atoms with Crippen LogP contribution in [-0.2, 0) is 16.6 Å². The third kappa shape index (κ3) is 5.55. The maximum absolute atomic E-state index is 11.6. The first kappa shape index (κ1) is 16.5. The van der Waals surface area contributed by atoms with E-state index < -0.39 is 18.0 Å². The predicted octanol–water partition coefficient (Wildman–Crippen LogP) is 1.19. The average molecular weight is 297 g/mol. The van der Waals surface area contributed by atoms with Crippen LogP contribution < -0.4 is 10.6 Å². The molecule has 0 aliphatic heterocycles. The molecule has 0 fully saturated rings. The number of urea groups is 1. The molecule has 0 spiro atoms. The average Bonchev–Trinajstić information content (AvgIpc) is 2.75. The van der Waals surface area contributed by atoms with Gasteiger partial charge in [0, 0.05) is 26.2 Å². The Morgan fingerprint density at radius 2 is 2.10 bits per heavy atom. The van der Waals surface area contributed by atoms with E-state index in [0.29, 0.717) is 17.8 Å². The van der Waals surface area contributed by atoms with Crippen LogP contribution in [0.15, 0.2) is 12.3 Å². The number of aliphatic carboxylic acids is 1. The fourth-order valence-corrected chi connectivity index (χ4v) is 1.66. The summed E-state index contributed by atoms with van der Waals surface area (Å²) in [5.41, 5.74) is 0.786. The fourth-order valence-electron chi connectivity index (χ4n) is 1.66. The van der Waals surface area contributed by atoms with Gasteiger partial charge >= 0.3 is 18.0 Å². The van der Waals surface area contributed by atoms with Crippen molar-refractivity contribution in [2.75, 3.05) is 18.5 Å². The van der Waals surface area contributed by atoms with Gasteiger partial charge in [0.15, 0.2) is 0 Å². The van der Waals surface area contributed by atoms with Gasteiger partial charge in [0.2, 0.25) is 0 Å². The summed E-state index contributed by atoms with van der Waals surface area (Å²) in [5.74, 6) is -1.37. The number of aryl methyl sites for hydroxylation is 1. The number of hydrogen-bond acceptors (Lipinski definition) is 4. The number of carbonyl (C=O) groups excluding carboxylic acids is 2. The number of hydrogen-bond donors (Lipinski definition) is 3. The Bertz CT molecular complexity index is 524. The van der Waals surface area contributed by atoms with E-state index in [0.717, 1.165) is 0 Å². The number of carbonyl (C=O) groups is 3. The van der Waals surface area contributed by atoms with Crippen LogP contribution in [-0.4, -0.2) is 40.8 Å². The van der Waals surface area contributed by atoms with E-state index in [4.69, 9.17) is 9.84 Å². The summed E-state index contributed by atoms with van der Waals surface area (Å²) >= 11 is 0. The van der Waals surface area contributed by atoms with Crippen LogP contribution in [0.25, 0.3) is 0 Å². The Kier molecular flexibility index (Phi) is 6.25. The van der Waals surface area contributed by atoms with Crippen LogP contribution in [0.2, 0.25) is 0 Å². The molecule has 0 unspecified atom stereocenters. The van der Waals surface area contributed by atoms with Crippen LogP contribution in [0.1, 0.15) is 30.3 Å². The number of amides is 2. The van der Waals surface area contributed by atoms with Crippen molar-refractivity contribution in [3.05, 3.63) is 18.0 Å². The standard InChI is InChI=1S/C13H19N3O5/c1-3-21-12(19)10-7-9(8-16(10)2)15-13(20)14-6-4-5-11(17)18/h7-8H,3-6H2,1-2H3,(H,17,18)(H2,14,15,20).